The van der Waals surface area contributed by atoms with Crippen LogP contribution in [0.2, 0.25) is 0 Å². The zero-order valence-corrected chi connectivity index (χ0v) is 15.4. The second-order valence-electron chi connectivity index (χ2n) is 6.21. The fraction of sp³-hybridized carbons (Fsp3) is 0.933. The van der Waals surface area contributed by atoms with Crippen LogP contribution >= 0.6 is 24.0 Å². The van der Waals surface area contributed by atoms with Crippen LogP contribution in [0.1, 0.15) is 51.4 Å². The highest BCUT2D eigenvalue weighted by Crippen LogP contribution is 2.25. The Morgan fingerprint density at radius 2 is 1.70 bits per heavy atom. The molecule has 0 radical (unpaired) electrons. The van der Waals surface area contributed by atoms with Gasteiger partial charge in [0.15, 0.2) is 5.96 Å². The molecular formula is C15H31IN4. The van der Waals surface area contributed by atoms with Gasteiger partial charge in [0, 0.05) is 25.7 Å². The minimum atomic E-state index is 0. The fourth-order valence-corrected chi connectivity index (χ4v) is 2.98. The van der Waals surface area contributed by atoms with Crippen molar-refractivity contribution in [1.82, 2.24) is 9.80 Å². The number of hydrogen-bond donors (Lipinski definition) is 1. The lowest BCUT2D eigenvalue weighted by atomic mass is 9.94. The van der Waals surface area contributed by atoms with Crippen molar-refractivity contribution in [2.24, 2.45) is 10.7 Å². The smallest absolute Gasteiger partial charge is 0.191 e. The summed E-state index contributed by atoms with van der Waals surface area (Å²) in [6.45, 7) is 2.01. The highest BCUT2D eigenvalue weighted by Gasteiger charge is 2.27. The summed E-state index contributed by atoms with van der Waals surface area (Å²) in [7, 11) is 4.32. The Kier molecular flexibility index (Phi) is 8.17. The molecule has 2 aliphatic carbocycles. The van der Waals surface area contributed by atoms with E-state index in [0.29, 0.717) is 6.04 Å². The SMILES string of the molecule is CN(CCCN=C(N)N(C)C1CC1)C1CCCCC1.I. The number of rotatable bonds is 6. The summed E-state index contributed by atoms with van der Waals surface area (Å²) >= 11 is 0. The topological polar surface area (TPSA) is 44.9 Å². The number of nitrogens with zero attached hydrogens (tertiary/aromatic N) is 3. The Labute approximate surface area is 141 Å². The third kappa shape index (κ3) is 5.76. The summed E-state index contributed by atoms with van der Waals surface area (Å²) in [6, 6.07) is 1.47. The van der Waals surface area contributed by atoms with Crippen LogP contribution in [-0.2, 0) is 0 Å². The molecule has 0 spiro atoms. The van der Waals surface area contributed by atoms with Gasteiger partial charge in [0.2, 0.25) is 0 Å². The molecule has 0 saturated heterocycles. The van der Waals surface area contributed by atoms with Crippen molar-refractivity contribution < 1.29 is 0 Å². The van der Waals surface area contributed by atoms with Crippen molar-refractivity contribution in [1.29, 1.82) is 0 Å². The summed E-state index contributed by atoms with van der Waals surface area (Å²) in [4.78, 5) is 9.15. The minimum absolute atomic E-state index is 0. The normalized spacial score (nSPS) is 20.9. The van der Waals surface area contributed by atoms with E-state index in [2.05, 4.69) is 28.9 Å². The van der Waals surface area contributed by atoms with Gasteiger partial charge in [-0.2, -0.15) is 0 Å². The molecule has 0 amide bonds. The summed E-state index contributed by atoms with van der Waals surface area (Å²) in [5.41, 5.74) is 5.98. The molecule has 0 aromatic carbocycles. The third-order valence-electron chi connectivity index (χ3n) is 4.60. The molecule has 0 bridgehead atoms. The van der Waals surface area contributed by atoms with Crippen molar-refractivity contribution in [3.63, 3.8) is 0 Å². The van der Waals surface area contributed by atoms with Crippen molar-refractivity contribution in [3.8, 4) is 0 Å². The molecule has 0 atom stereocenters. The number of hydrogen-bond acceptors (Lipinski definition) is 2. The summed E-state index contributed by atoms with van der Waals surface area (Å²) in [6.07, 6.45) is 10.7. The van der Waals surface area contributed by atoms with Crippen molar-refractivity contribution in [2.45, 2.75) is 63.5 Å². The lowest BCUT2D eigenvalue weighted by molar-refractivity contribution is 0.191. The maximum absolute atomic E-state index is 5.98. The second kappa shape index (κ2) is 9.07. The van der Waals surface area contributed by atoms with Gasteiger partial charge in [0.25, 0.3) is 0 Å². The highest BCUT2D eigenvalue weighted by molar-refractivity contribution is 14.0. The van der Waals surface area contributed by atoms with Gasteiger partial charge in [-0.15, -0.1) is 24.0 Å². The molecule has 118 valence electrons. The van der Waals surface area contributed by atoms with Crippen LogP contribution in [0.4, 0.5) is 0 Å². The number of halogens is 1. The van der Waals surface area contributed by atoms with Crippen LogP contribution in [0.25, 0.3) is 0 Å². The quantitative estimate of drug-likeness (QED) is 0.326. The molecule has 2 N–H and O–H groups in total. The van der Waals surface area contributed by atoms with Gasteiger partial charge in [-0.1, -0.05) is 19.3 Å². The van der Waals surface area contributed by atoms with E-state index in [1.807, 2.05) is 0 Å². The van der Waals surface area contributed by atoms with Crippen LogP contribution in [0.3, 0.4) is 0 Å². The van der Waals surface area contributed by atoms with Gasteiger partial charge in [0.1, 0.15) is 0 Å². The predicted molar refractivity (Wildman–Crippen MR) is 96.8 cm³/mol. The average Bonchev–Trinajstić information content (AvgIpc) is 3.27. The van der Waals surface area contributed by atoms with Crippen molar-refractivity contribution in [2.75, 3.05) is 27.2 Å². The molecule has 2 aliphatic rings. The summed E-state index contributed by atoms with van der Waals surface area (Å²) in [5.74, 6) is 0.725. The molecule has 2 saturated carbocycles. The van der Waals surface area contributed by atoms with E-state index in [4.69, 9.17) is 5.73 Å². The average molecular weight is 394 g/mol. The lowest BCUT2D eigenvalue weighted by Crippen LogP contribution is -2.36. The molecule has 0 aliphatic heterocycles. The zero-order chi connectivity index (χ0) is 13.7. The van der Waals surface area contributed by atoms with Gasteiger partial charge in [-0.25, -0.2) is 0 Å². The summed E-state index contributed by atoms with van der Waals surface area (Å²) < 4.78 is 0. The molecule has 4 nitrogen and oxygen atoms in total. The van der Waals surface area contributed by atoms with E-state index in [-0.39, 0.29) is 24.0 Å². The first-order valence-electron chi connectivity index (χ1n) is 7.91. The first-order chi connectivity index (χ1) is 9.18. The lowest BCUT2D eigenvalue weighted by Gasteiger charge is -2.31. The molecule has 0 aromatic heterocycles. The Bertz CT molecular complexity index is 298. The first-order valence-corrected chi connectivity index (χ1v) is 7.91. The van der Waals surface area contributed by atoms with Crippen molar-refractivity contribution >= 4 is 29.9 Å². The fourth-order valence-electron chi connectivity index (χ4n) is 2.98. The minimum Gasteiger partial charge on any atom is -0.370 e. The maximum atomic E-state index is 5.98. The van der Waals surface area contributed by atoms with Gasteiger partial charge < -0.3 is 15.5 Å². The van der Waals surface area contributed by atoms with Crippen LogP contribution < -0.4 is 5.73 Å². The Balaban J connectivity index is 0.00000200. The molecule has 5 heteroatoms. The summed E-state index contributed by atoms with van der Waals surface area (Å²) in [5, 5.41) is 0. The number of guanidine groups is 1. The molecule has 0 unspecified atom stereocenters. The van der Waals surface area contributed by atoms with Gasteiger partial charge in [-0.3, -0.25) is 4.99 Å². The van der Waals surface area contributed by atoms with Crippen LogP contribution in [0.5, 0.6) is 0 Å². The van der Waals surface area contributed by atoms with E-state index < -0.39 is 0 Å². The molecule has 2 rings (SSSR count). The largest absolute Gasteiger partial charge is 0.370 e. The van der Waals surface area contributed by atoms with Crippen LogP contribution in [0.15, 0.2) is 4.99 Å². The Morgan fingerprint density at radius 1 is 1.05 bits per heavy atom. The van der Waals surface area contributed by atoms with Gasteiger partial charge in [0.05, 0.1) is 0 Å². The number of nitrogens with two attached hydrogens (primary N) is 1. The Hall–Kier alpha value is -0.0400. The molecule has 0 aromatic rings. The van der Waals surface area contributed by atoms with E-state index in [9.17, 15) is 0 Å². The molecule has 0 heterocycles. The van der Waals surface area contributed by atoms with E-state index in [1.54, 1.807) is 0 Å². The van der Waals surface area contributed by atoms with Gasteiger partial charge in [-0.05, 0) is 45.7 Å². The Morgan fingerprint density at radius 3 is 2.30 bits per heavy atom. The van der Waals surface area contributed by atoms with E-state index in [0.717, 1.165) is 31.5 Å². The molecule has 20 heavy (non-hydrogen) atoms. The molecule has 2 fully saturated rings. The third-order valence-corrected chi connectivity index (χ3v) is 4.60. The predicted octanol–water partition coefficient (Wildman–Crippen LogP) is 2.67. The highest BCUT2D eigenvalue weighted by atomic mass is 127. The van der Waals surface area contributed by atoms with Crippen LogP contribution in [0, 0.1) is 0 Å². The van der Waals surface area contributed by atoms with Crippen molar-refractivity contribution in [3.05, 3.63) is 0 Å². The van der Waals surface area contributed by atoms with E-state index in [1.165, 1.54) is 44.9 Å². The van der Waals surface area contributed by atoms with Crippen LogP contribution in [-0.4, -0.2) is 55.0 Å². The zero-order valence-electron chi connectivity index (χ0n) is 13.1. The standard InChI is InChI=1S/C15H30N4.HI/c1-18(13-7-4-3-5-8-13)12-6-11-17-15(16)19(2)14-9-10-14;/h13-14H,3-12H2,1-2H3,(H2,16,17);1H. The van der Waals surface area contributed by atoms with Gasteiger partial charge >= 0.3 is 0 Å². The number of aliphatic imine (C=N–C) groups is 1. The second-order valence-corrected chi connectivity index (χ2v) is 6.21. The maximum Gasteiger partial charge on any atom is 0.191 e. The van der Waals surface area contributed by atoms with E-state index >= 15 is 0 Å². The molecular weight excluding hydrogens is 363 g/mol. The first kappa shape index (κ1) is 18.0. The monoisotopic (exact) mass is 394 g/mol.